The lowest BCUT2D eigenvalue weighted by Crippen LogP contribution is -2.56. The quantitative estimate of drug-likeness (QED) is 0.858. The zero-order chi connectivity index (χ0) is 12.4. The molecule has 0 radical (unpaired) electrons. The minimum Gasteiger partial charge on any atom is -0.394 e. The van der Waals surface area contributed by atoms with E-state index in [2.05, 4.69) is 21.2 Å². The molecule has 0 aliphatic carbocycles. The van der Waals surface area contributed by atoms with E-state index in [0.29, 0.717) is 13.1 Å². The van der Waals surface area contributed by atoms with Gasteiger partial charge >= 0.3 is 0 Å². The number of aliphatic hydroxyl groups excluding tert-OH is 1. The van der Waals surface area contributed by atoms with Gasteiger partial charge in [0.1, 0.15) is 6.04 Å². The molecule has 2 rings (SSSR count). The smallest absolute Gasteiger partial charge is 0.246 e. The van der Waals surface area contributed by atoms with Gasteiger partial charge < -0.3 is 15.3 Å². The molecule has 92 valence electrons. The number of rotatable bonds is 2. The van der Waals surface area contributed by atoms with Gasteiger partial charge in [-0.15, -0.1) is 0 Å². The van der Waals surface area contributed by atoms with Gasteiger partial charge in [-0.05, 0) is 40.5 Å². The summed E-state index contributed by atoms with van der Waals surface area (Å²) in [5.74, 6) is -0.0803. The number of hydrogen-bond donors (Lipinski definition) is 2. The maximum Gasteiger partial charge on any atom is 0.246 e. The van der Waals surface area contributed by atoms with Crippen LogP contribution in [0.1, 0.15) is 5.56 Å². The van der Waals surface area contributed by atoms with Crippen molar-refractivity contribution in [3.05, 3.63) is 28.2 Å². The molecule has 1 fully saturated rings. The van der Waals surface area contributed by atoms with Crippen LogP contribution in [0.4, 0.5) is 5.69 Å². The number of aliphatic hydroxyl groups is 1. The Hall–Kier alpha value is -0.910. The monoisotopic (exact) mass is 298 g/mol. The highest BCUT2D eigenvalue weighted by atomic mass is 79.9. The Balaban J connectivity index is 2.29. The molecule has 4 nitrogen and oxygen atoms in total. The Morgan fingerprint density at radius 2 is 2.35 bits per heavy atom. The lowest BCUT2D eigenvalue weighted by Gasteiger charge is -2.33. The molecule has 1 amide bonds. The Morgan fingerprint density at radius 3 is 3.00 bits per heavy atom. The predicted molar refractivity (Wildman–Crippen MR) is 70.1 cm³/mol. The first-order valence-electron chi connectivity index (χ1n) is 5.55. The van der Waals surface area contributed by atoms with E-state index in [0.717, 1.165) is 15.7 Å². The molecule has 1 aromatic rings. The standard InChI is InChI=1S/C12H15BrN2O2/c1-8-2-3-11(9(13)6-8)15-5-4-14-10(7-16)12(15)17/h2-3,6,10,14,16H,4-5,7H2,1H3. The first kappa shape index (κ1) is 12.5. The van der Waals surface area contributed by atoms with Crippen molar-refractivity contribution in [1.82, 2.24) is 5.32 Å². The summed E-state index contributed by atoms with van der Waals surface area (Å²) in [7, 11) is 0. The third kappa shape index (κ3) is 2.51. The summed E-state index contributed by atoms with van der Waals surface area (Å²) in [4.78, 5) is 13.8. The number of piperazine rings is 1. The number of amides is 1. The summed E-state index contributed by atoms with van der Waals surface area (Å²) < 4.78 is 0.907. The van der Waals surface area contributed by atoms with Gasteiger partial charge in [0.05, 0.1) is 12.3 Å². The highest BCUT2D eigenvalue weighted by Gasteiger charge is 2.29. The van der Waals surface area contributed by atoms with Crippen LogP contribution in [0.25, 0.3) is 0 Å². The first-order valence-corrected chi connectivity index (χ1v) is 6.34. The van der Waals surface area contributed by atoms with Crippen molar-refractivity contribution < 1.29 is 9.90 Å². The molecular weight excluding hydrogens is 284 g/mol. The maximum atomic E-state index is 12.1. The third-order valence-electron chi connectivity index (χ3n) is 2.87. The van der Waals surface area contributed by atoms with Gasteiger partial charge in [-0.2, -0.15) is 0 Å². The van der Waals surface area contributed by atoms with Gasteiger partial charge in [0.2, 0.25) is 5.91 Å². The van der Waals surface area contributed by atoms with Crippen LogP contribution in [-0.2, 0) is 4.79 Å². The molecule has 0 bridgehead atoms. The van der Waals surface area contributed by atoms with Crippen LogP contribution >= 0.6 is 15.9 Å². The van der Waals surface area contributed by atoms with Gasteiger partial charge in [-0.25, -0.2) is 0 Å². The summed E-state index contributed by atoms with van der Waals surface area (Å²) in [5.41, 5.74) is 2.00. The van der Waals surface area contributed by atoms with Gasteiger partial charge in [0, 0.05) is 17.6 Å². The Kier molecular flexibility index (Phi) is 3.81. The van der Waals surface area contributed by atoms with Crippen LogP contribution < -0.4 is 10.2 Å². The van der Waals surface area contributed by atoms with Gasteiger partial charge in [-0.3, -0.25) is 4.79 Å². The molecular formula is C12H15BrN2O2. The van der Waals surface area contributed by atoms with E-state index >= 15 is 0 Å². The molecule has 0 saturated carbocycles. The van der Waals surface area contributed by atoms with E-state index in [9.17, 15) is 4.79 Å². The Bertz CT molecular complexity index is 437. The van der Waals surface area contributed by atoms with Crippen LogP contribution in [0.5, 0.6) is 0 Å². The Labute approximate surface area is 109 Å². The minimum absolute atomic E-state index is 0.0803. The van der Waals surface area contributed by atoms with E-state index in [1.165, 1.54) is 0 Å². The molecule has 1 saturated heterocycles. The Morgan fingerprint density at radius 1 is 1.59 bits per heavy atom. The van der Waals surface area contributed by atoms with Crippen molar-refractivity contribution >= 4 is 27.5 Å². The van der Waals surface area contributed by atoms with Crippen LogP contribution in [0.2, 0.25) is 0 Å². The van der Waals surface area contributed by atoms with Crippen LogP contribution in [0, 0.1) is 6.92 Å². The second-order valence-electron chi connectivity index (χ2n) is 4.13. The van der Waals surface area contributed by atoms with E-state index in [4.69, 9.17) is 5.11 Å². The minimum atomic E-state index is -0.489. The fraction of sp³-hybridized carbons (Fsp3) is 0.417. The molecule has 1 aromatic carbocycles. The SMILES string of the molecule is Cc1ccc(N2CCNC(CO)C2=O)c(Br)c1. The van der Waals surface area contributed by atoms with E-state index in [1.807, 2.05) is 25.1 Å². The third-order valence-corrected chi connectivity index (χ3v) is 3.50. The maximum absolute atomic E-state index is 12.1. The van der Waals surface area contributed by atoms with Crippen molar-refractivity contribution in [1.29, 1.82) is 0 Å². The molecule has 0 aromatic heterocycles. The number of nitrogens with zero attached hydrogens (tertiary/aromatic N) is 1. The molecule has 2 N–H and O–H groups in total. The van der Waals surface area contributed by atoms with Gasteiger partial charge in [0.15, 0.2) is 0 Å². The second kappa shape index (κ2) is 5.16. The van der Waals surface area contributed by atoms with E-state index < -0.39 is 6.04 Å². The molecule has 1 aliphatic heterocycles. The number of benzene rings is 1. The predicted octanol–water partition coefficient (Wildman–Crippen LogP) is 1.05. The van der Waals surface area contributed by atoms with Crippen molar-refractivity contribution in [2.45, 2.75) is 13.0 Å². The highest BCUT2D eigenvalue weighted by Crippen LogP contribution is 2.28. The van der Waals surface area contributed by atoms with Gasteiger partial charge in [0.25, 0.3) is 0 Å². The van der Waals surface area contributed by atoms with E-state index in [-0.39, 0.29) is 12.5 Å². The summed E-state index contributed by atoms with van der Waals surface area (Å²) in [6.45, 7) is 3.15. The van der Waals surface area contributed by atoms with Crippen LogP contribution in [0.3, 0.4) is 0 Å². The molecule has 1 aliphatic rings. The van der Waals surface area contributed by atoms with Crippen molar-refractivity contribution in [3.63, 3.8) is 0 Å². The molecule has 5 heteroatoms. The lowest BCUT2D eigenvalue weighted by molar-refractivity contribution is -0.122. The number of carbonyl (C=O) groups excluding carboxylic acids is 1. The summed E-state index contributed by atoms with van der Waals surface area (Å²) in [6.07, 6.45) is 0. The molecule has 1 unspecified atom stereocenters. The normalized spacial score (nSPS) is 20.8. The largest absolute Gasteiger partial charge is 0.394 e. The number of hydrogen-bond acceptors (Lipinski definition) is 3. The van der Waals surface area contributed by atoms with Crippen LogP contribution in [-0.4, -0.2) is 36.8 Å². The second-order valence-corrected chi connectivity index (χ2v) is 4.99. The fourth-order valence-corrected chi connectivity index (χ4v) is 2.66. The zero-order valence-corrected chi connectivity index (χ0v) is 11.2. The van der Waals surface area contributed by atoms with Crippen molar-refractivity contribution in [2.24, 2.45) is 0 Å². The lowest BCUT2D eigenvalue weighted by atomic mass is 10.1. The van der Waals surface area contributed by atoms with E-state index in [1.54, 1.807) is 4.90 Å². The average molecular weight is 299 g/mol. The molecule has 17 heavy (non-hydrogen) atoms. The molecule has 0 spiro atoms. The topological polar surface area (TPSA) is 52.6 Å². The zero-order valence-electron chi connectivity index (χ0n) is 9.61. The number of carbonyl (C=O) groups is 1. The molecule has 1 heterocycles. The number of halogens is 1. The number of aryl methyl sites for hydroxylation is 1. The van der Waals surface area contributed by atoms with Crippen molar-refractivity contribution in [3.8, 4) is 0 Å². The summed E-state index contributed by atoms with van der Waals surface area (Å²) in [5, 5.41) is 12.1. The highest BCUT2D eigenvalue weighted by molar-refractivity contribution is 9.10. The summed E-state index contributed by atoms with van der Waals surface area (Å²) >= 11 is 3.48. The first-order chi connectivity index (χ1) is 8.13. The number of nitrogens with one attached hydrogen (secondary N) is 1. The summed E-state index contributed by atoms with van der Waals surface area (Å²) in [6, 6.07) is 5.40. The van der Waals surface area contributed by atoms with Crippen molar-refractivity contribution in [2.75, 3.05) is 24.6 Å². The van der Waals surface area contributed by atoms with Gasteiger partial charge in [-0.1, -0.05) is 6.07 Å². The fourth-order valence-electron chi connectivity index (χ4n) is 1.95. The molecule has 1 atom stereocenters. The number of anilines is 1. The average Bonchev–Trinajstić information content (AvgIpc) is 2.30. The van der Waals surface area contributed by atoms with Crippen LogP contribution in [0.15, 0.2) is 22.7 Å².